The van der Waals surface area contributed by atoms with Crippen LogP contribution in [0.5, 0.6) is 0 Å². The lowest BCUT2D eigenvalue weighted by Crippen LogP contribution is -2.29. The number of alkyl halides is 1. The Hall–Kier alpha value is -0.900. The highest BCUT2D eigenvalue weighted by Gasteiger charge is 2.27. The highest BCUT2D eigenvalue weighted by molar-refractivity contribution is 9.10. The molecule has 1 unspecified atom stereocenters. The average molecular weight is 286 g/mol. The Kier molecular flexibility index (Phi) is 3.28. The van der Waals surface area contributed by atoms with Crippen molar-refractivity contribution in [2.45, 2.75) is 19.5 Å². The first-order valence-electron chi connectivity index (χ1n) is 5.27. The Morgan fingerprint density at radius 2 is 2.31 bits per heavy atom. The first kappa shape index (κ1) is 11.6. The number of rotatable bonds is 1. The van der Waals surface area contributed by atoms with Gasteiger partial charge in [-0.1, -0.05) is 11.6 Å². The largest absolute Gasteiger partial charge is 0.336 e. The van der Waals surface area contributed by atoms with Crippen LogP contribution in [0.1, 0.15) is 22.3 Å². The van der Waals surface area contributed by atoms with Gasteiger partial charge in [-0.15, -0.1) is 0 Å². The summed E-state index contributed by atoms with van der Waals surface area (Å²) >= 11 is 3.35. The third kappa shape index (κ3) is 2.26. The molecule has 1 saturated heterocycles. The van der Waals surface area contributed by atoms with E-state index in [1.54, 1.807) is 4.90 Å². The van der Waals surface area contributed by atoms with Crippen LogP contribution in [-0.2, 0) is 0 Å². The van der Waals surface area contributed by atoms with Crippen LogP contribution in [0.15, 0.2) is 22.7 Å². The predicted octanol–water partition coefficient (Wildman–Crippen LogP) is 2.94. The van der Waals surface area contributed by atoms with Gasteiger partial charge < -0.3 is 4.90 Å². The van der Waals surface area contributed by atoms with Gasteiger partial charge in [0.25, 0.3) is 5.91 Å². The zero-order valence-electron chi connectivity index (χ0n) is 9.04. The first-order valence-corrected chi connectivity index (χ1v) is 6.06. The highest BCUT2D eigenvalue weighted by atomic mass is 79.9. The number of hydrogen-bond acceptors (Lipinski definition) is 1. The van der Waals surface area contributed by atoms with E-state index in [0.717, 1.165) is 10.0 Å². The fourth-order valence-corrected chi connectivity index (χ4v) is 2.29. The van der Waals surface area contributed by atoms with E-state index in [1.807, 2.05) is 25.1 Å². The first-order chi connectivity index (χ1) is 7.58. The van der Waals surface area contributed by atoms with Gasteiger partial charge in [0.1, 0.15) is 6.17 Å². The molecule has 86 valence electrons. The van der Waals surface area contributed by atoms with Crippen molar-refractivity contribution in [1.29, 1.82) is 0 Å². The average Bonchev–Trinajstić information content (AvgIpc) is 2.67. The third-order valence-electron chi connectivity index (χ3n) is 2.77. The normalized spacial score (nSPS) is 20.2. The maximum absolute atomic E-state index is 13.0. The second-order valence-electron chi connectivity index (χ2n) is 4.12. The van der Waals surface area contributed by atoms with Crippen LogP contribution in [0.4, 0.5) is 4.39 Å². The zero-order chi connectivity index (χ0) is 11.7. The maximum Gasteiger partial charge on any atom is 0.255 e. The Morgan fingerprint density at radius 1 is 1.56 bits per heavy atom. The highest BCUT2D eigenvalue weighted by Crippen LogP contribution is 2.22. The van der Waals surface area contributed by atoms with E-state index in [-0.39, 0.29) is 12.5 Å². The predicted molar refractivity (Wildman–Crippen MR) is 64.3 cm³/mol. The fraction of sp³-hybridized carbons (Fsp3) is 0.417. The Bertz CT molecular complexity index is 421. The van der Waals surface area contributed by atoms with Crippen LogP contribution in [0.3, 0.4) is 0 Å². The summed E-state index contributed by atoms with van der Waals surface area (Å²) in [4.78, 5) is 13.7. The lowest BCUT2D eigenvalue weighted by Gasteiger charge is -2.16. The Labute approximate surface area is 103 Å². The second kappa shape index (κ2) is 4.53. The van der Waals surface area contributed by atoms with Crippen molar-refractivity contribution < 1.29 is 9.18 Å². The minimum atomic E-state index is -0.868. The van der Waals surface area contributed by atoms with Gasteiger partial charge in [0.2, 0.25) is 0 Å². The third-order valence-corrected chi connectivity index (χ3v) is 3.46. The number of nitrogens with zero attached hydrogens (tertiary/aromatic N) is 1. The van der Waals surface area contributed by atoms with E-state index in [2.05, 4.69) is 15.9 Å². The topological polar surface area (TPSA) is 20.3 Å². The van der Waals surface area contributed by atoms with Crippen LogP contribution in [0, 0.1) is 6.92 Å². The number of carbonyl (C=O) groups is 1. The van der Waals surface area contributed by atoms with Gasteiger partial charge in [-0.3, -0.25) is 4.79 Å². The van der Waals surface area contributed by atoms with E-state index in [4.69, 9.17) is 0 Å². The van der Waals surface area contributed by atoms with E-state index < -0.39 is 6.17 Å². The van der Waals surface area contributed by atoms with Crippen molar-refractivity contribution in [3.05, 3.63) is 33.8 Å². The molecule has 0 spiro atoms. The summed E-state index contributed by atoms with van der Waals surface area (Å²) in [5.74, 6) is -0.0873. The van der Waals surface area contributed by atoms with Crippen molar-refractivity contribution in [3.63, 3.8) is 0 Å². The SMILES string of the molecule is Cc1ccc(Br)c(C(=O)N2CCC(F)C2)c1. The maximum atomic E-state index is 13.0. The molecule has 2 nitrogen and oxygen atoms in total. The van der Waals surface area contributed by atoms with E-state index in [1.165, 1.54) is 0 Å². The van der Waals surface area contributed by atoms with Crippen molar-refractivity contribution in [2.75, 3.05) is 13.1 Å². The summed E-state index contributed by atoms with van der Waals surface area (Å²) < 4.78 is 13.8. The molecule has 2 rings (SSSR count). The molecule has 1 aliphatic heterocycles. The number of likely N-dealkylation sites (tertiary alicyclic amines) is 1. The Morgan fingerprint density at radius 3 is 2.94 bits per heavy atom. The van der Waals surface area contributed by atoms with Crippen molar-refractivity contribution >= 4 is 21.8 Å². The molecule has 0 bridgehead atoms. The quantitative estimate of drug-likeness (QED) is 0.777. The molecule has 1 heterocycles. The van der Waals surface area contributed by atoms with Gasteiger partial charge in [-0.05, 0) is 41.4 Å². The summed E-state index contributed by atoms with van der Waals surface area (Å²) in [6.07, 6.45) is -0.414. The van der Waals surface area contributed by atoms with Crippen molar-refractivity contribution in [3.8, 4) is 0 Å². The molecule has 4 heteroatoms. The van der Waals surface area contributed by atoms with Crippen LogP contribution in [0.25, 0.3) is 0 Å². The molecule has 1 aromatic rings. The van der Waals surface area contributed by atoms with Gasteiger partial charge in [0.05, 0.1) is 12.1 Å². The minimum absolute atomic E-state index is 0.0873. The Balaban J connectivity index is 2.23. The number of amides is 1. The fourth-order valence-electron chi connectivity index (χ4n) is 1.88. The molecule has 1 atom stereocenters. The number of benzene rings is 1. The number of aryl methyl sites for hydroxylation is 1. The molecule has 0 aromatic heterocycles. The monoisotopic (exact) mass is 285 g/mol. The molecule has 1 aromatic carbocycles. The summed E-state index contributed by atoms with van der Waals surface area (Å²) in [6.45, 7) is 2.67. The van der Waals surface area contributed by atoms with Crippen LogP contribution in [-0.4, -0.2) is 30.1 Å². The minimum Gasteiger partial charge on any atom is -0.336 e. The van der Waals surface area contributed by atoms with E-state index >= 15 is 0 Å². The van der Waals surface area contributed by atoms with Gasteiger partial charge in [0, 0.05) is 11.0 Å². The second-order valence-corrected chi connectivity index (χ2v) is 4.97. The molecule has 0 N–H and O–H groups in total. The summed E-state index contributed by atoms with van der Waals surface area (Å²) in [7, 11) is 0. The van der Waals surface area contributed by atoms with Gasteiger partial charge in [-0.2, -0.15) is 0 Å². The van der Waals surface area contributed by atoms with Crippen molar-refractivity contribution in [1.82, 2.24) is 4.90 Å². The molecular weight excluding hydrogens is 273 g/mol. The molecule has 1 aliphatic rings. The smallest absolute Gasteiger partial charge is 0.255 e. The lowest BCUT2D eigenvalue weighted by atomic mass is 10.1. The van der Waals surface area contributed by atoms with Crippen LogP contribution >= 0.6 is 15.9 Å². The standard InChI is InChI=1S/C12H13BrFNO/c1-8-2-3-11(13)10(6-8)12(16)15-5-4-9(14)7-15/h2-3,6,9H,4-5,7H2,1H3. The molecule has 1 fully saturated rings. The molecule has 1 amide bonds. The van der Waals surface area contributed by atoms with Gasteiger partial charge >= 0.3 is 0 Å². The number of carbonyl (C=O) groups excluding carboxylic acids is 1. The molecule has 0 saturated carbocycles. The zero-order valence-corrected chi connectivity index (χ0v) is 10.6. The van der Waals surface area contributed by atoms with Crippen molar-refractivity contribution in [2.24, 2.45) is 0 Å². The molecule has 0 aliphatic carbocycles. The van der Waals surface area contributed by atoms with Gasteiger partial charge in [0.15, 0.2) is 0 Å². The molecule has 16 heavy (non-hydrogen) atoms. The number of halogens is 2. The van der Waals surface area contributed by atoms with Crippen LogP contribution < -0.4 is 0 Å². The lowest BCUT2D eigenvalue weighted by molar-refractivity contribution is 0.0782. The summed E-state index contributed by atoms with van der Waals surface area (Å²) in [6, 6.07) is 5.62. The molecular formula is C12H13BrFNO. The summed E-state index contributed by atoms with van der Waals surface area (Å²) in [5.41, 5.74) is 1.65. The molecule has 0 radical (unpaired) electrons. The van der Waals surface area contributed by atoms with Gasteiger partial charge in [-0.25, -0.2) is 4.39 Å². The summed E-state index contributed by atoms with van der Waals surface area (Å²) in [5, 5.41) is 0. The number of hydrogen-bond donors (Lipinski definition) is 0. The van der Waals surface area contributed by atoms with Crippen LogP contribution in [0.2, 0.25) is 0 Å². The van der Waals surface area contributed by atoms with E-state index in [0.29, 0.717) is 18.5 Å². The van der Waals surface area contributed by atoms with E-state index in [9.17, 15) is 9.18 Å².